The Bertz CT molecular complexity index is 873. The minimum Gasteiger partial charge on any atom is -0.474 e. The maximum atomic E-state index is 13.4. The number of aromatic nitrogens is 3. The lowest BCUT2D eigenvalue weighted by atomic mass is 10.2. The van der Waals surface area contributed by atoms with Gasteiger partial charge in [-0.3, -0.25) is 4.79 Å². The molecule has 0 atom stereocenters. The van der Waals surface area contributed by atoms with Gasteiger partial charge in [-0.1, -0.05) is 47.6 Å². The summed E-state index contributed by atoms with van der Waals surface area (Å²) >= 11 is 0. The lowest BCUT2D eigenvalue weighted by molar-refractivity contribution is -0.676. The van der Waals surface area contributed by atoms with Crippen LogP contribution in [0.4, 0.5) is 4.39 Å². The van der Waals surface area contributed by atoms with Crippen molar-refractivity contribution in [1.29, 1.82) is 0 Å². The molecule has 23 heavy (non-hydrogen) atoms. The first-order valence-corrected chi connectivity index (χ1v) is 7.86. The van der Waals surface area contributed by atoms with Crippen molar-refractivity contribution in [3.05, 3.63) is 36.2 Å². The van der Waals surface area contributed by atoms with Crippen molar-refractivity contribution in [2.45, 2.75) is 39.2 Å². The van der Waals surface area contributed by atoms with Crippen molar-refractivity contribution in [3.63, 3.8) is 0 Å². The van der Waals surface area contributed by atoms with E-state index >= 15 is 0 Å². The molecule has 120 valence electrons. The predicted octanol–water partition coefficient (Wildman–Crippen LogP) is 3.17. The van der Waals surface area contributed by atoms with Crippen LogP contribution in [0, 0.1) is 0 Å². The number of hydrogen-bond acceptors (Lipinski definition) is 3. The summed E-state index contributed by atoms with van der Waals surface area (Å²) in [4.78, 5) is 11.3. The fourth-order valence-electron chi connectivity index (χ4n) is 2.93. The summed E-state index contributed by atoms with van der Waals surface area (Å²) < 4.78 is 16.2. The number of imidazole rings is 1. The largest absolute Gasteiger partial charge is 0.474 e. The molecule has 6 heteroatoms. The number of unbranched alkanes of at least 4 members (excludes halogenated alkanes) is 3. The van der Waals surface area contributed by atoms with Gasteiger partial charge >= 0.3 is 23.3 Å². The van der Waals surface area contributed by atoms with Gasteiger partial charge in [0.2, 0.25) is 0 Å². The molecule has 3 aromatic rings. The average molecular weight is 316 g/mol. The van der Waals surface area contributed by atoms with E-state index in [1.807, 2.05) is 24.3 Å². The first-order chi connectivity index (χ1) is 11.1. The monoisotopic (exact) mass is 316 g/mol. The average Bonchev–Trinajstić information content (AvgIpc) is 2.84. The zero-order valence-corrected chi connectivity index (χ0v) is 13.0. The Balaban J connectivity index is 2.21. The number of rotatable bonds is 6. The smallest absolute Gasteiger partial charge is 0.381 e. The second-order valence-corrected chi connectivity index (χ2v) is 5.63. The Morgan fingerprint density at radius 2 is 2.09 bits per heavy atom. The lowest BCUT2D eigenvalue weighted by Gasteiger charge is -2.01. The molecule has 0 aliphatic rings. The highest BCUT2D eigenvalue weighted by Crippen LogP contribution is 2.23. The molecule has 0 aliphatic heterocycles. The zero-order chi connectivity index (χ0) is 16.4. The third kappa shape index (κ3) is 2.65. The second kappa shape index (κ2) is 6.32. The molecule has 0 bridgehead atoms. The van der Waals surface area contributed by atoms with E-state index in [9.17, 15) is 14.3 Å². The van der Waals surface area contributed by atoms with Gasteiger partial charge in [-0.25, -0.2) is 0 Å². The van der Waals surface area contributed by atoms with Crippen LogP contribution in [0.5, 0.6) is 5.88 Å². The minimum atomic E-state index is -1.69. The summed E-state index contributed by atoms with van der Waals surface area (Å²) in [5.74, 6) is -0.363. The van der Waals surface area contributed by atoms with Gasteiger partial charge in [0.25, 0.3) is 0 Å². The fraction of sp³-hybridized carbons (Fsp3) is 0.353. The van der Waals surface area contributed by atoms with Gasteiger partial charge in [-0.2, -0.15) is 8.96 Å². The third-order valence-electron chi connectivity index (χ3n) is 4.07. The maximum Gasteiger partial charge on any atom is 0.381 e. The van der Waals surface area contributed by atoms with Crippen molar-refractivity contribution in [1.82, 2.24) is 9.61 Å². The summed E-state index contributed by atoms with van der Waals surface area (Å²) in [6.45, 7) is 2.63. The van der Waals surface area contributed by atoms with E-state index in [2.05, 4.69) is 12.0 Å². The Kier molecular flexibility index (Phi) is 4.23. The highest BCUT2D eigenvalue weighted by atomic mass is 19.1. The molecule has 1 aromatic carbocycles. The van der Waals surface area contributed by atoms with E-state index in [0.29, 0.717) is 12.2 Å². The highest BCUT2D eigenvalue weighted by Gasteiger charge is 2.33. The summed E-state index contributed by atoms with van der Waals surface area (Å²) in [7, 11) is 0. The van der Waals surface area contributed by atoms with Gasteiger partial charge in [0.15, 0.2) is 0 Å². The van der Waals surface area contributed by atoms with Gasteiger partial charge < -0.3 is 5.11 Å². The van der Waals surface area contributed by atoms with Crippen LogP contribution in [0.2, 0.25) is 0 Å². The summed E-state index contributed by atoms with van der Waals surface area (Å²) in [5.41, 5.74) is 0.124. The molecule has 2 aromatic heterocycles. The molecule has 3 rings (SSSR count). The van der Waals surface area contributed by atoms with Gasteiger partial charge in [0.05, 0.1) is 18.1 Å². The maximum absolute atomic E-state index is 13.4. The molecule has 2 heterocycles. The SMILES string of the molecule is CCCCCC[n+]1c(O)c(C(=O)F)n2ncc3ccccc3c21. The van der Waals surface area contributed by atoms with E-state index in [0.717, 1.165) is 36.5 Å². The van der Waals surface area contributed by atoms with Crippen molar-refractivity contribution < 1.29 is 18.9 Å². The fourth-order valence-corrected chi connectivity index (χ4v) is 2.93. The molecule has 0 fully saturated rings. The molecule has 0 saturated heterocycles. The van der Waals surface area contributed by atoms with Gasteiger partial charge in [0.1, 0.15) is 0 Å². The normalized spacial score (nSPS) is 11.4. The first kappa shape index (κ1) is 15.4. The van der Waals surface area contributed by atoms with Crippen molar-refractivity contribution in [2.24, 2.45) is 0 Å². The van der Waals surface area contributed by atoms with Crippen LogP contribution in [0.15, 0.2) is 30.5 Å². The third-order valence-corrected chi connectivity index (χ3v) is 4.07. The van der Waals surface area contributed by atoms with Gasteiger partial charge in [0, 0.05) is 5.39 Å². The summed E-state index contributed by atoms with van der Waals surface area (Å²) in [6.07, 6.45) is 5.62. The Labute approximate surface area is 133 Å². The number of aromatic hydroxyl groups is 1. The molecular formula is C17H19FN3O2+. The molecule has 0 unspecified atom stereocenters. The minimum absolute atomic E-state index is 0.363. The van der Waals surface area contributed by atoms with Crippen LogP contribution in [0.25, 0.3) is 16.4 Å². The molecule has 0 aliphatic carbocycles. The predicted molar refractivity (Wildman–Crippen MR) is 84.1 cm³/mol. The number of benzene rings is 1. The second-order valence-electron chi connectivity index (χ2n) is 5.63. The zero-order valence-electron chi connectivity index (χ0n) is 13.0. The van der Waals surface area contributed by atoms with Crippen molar-refractivity contribution in [3.8, 4) is 5.88 Å². The van der Waals surface area contributed by atoms with Crippen LogP contribution in [0.3, 0.4) is 0 Å². The van der Waals surface area contributed by atoms with Crippen molar-refractivity contribution >= 4 is 22.5 Å². The number of nitrogens with zero attached hydrogens (tertiary/aromatic N) is 3. The molecule has 0 spiro atoms. The number of aryl methyl sites for hydroxylation is 1. The highest BCUT2D eigenvalue weighted by molar-refractivity contribution is 5.95. The lowest BCUT2D eigenvalue weighted by Crippen LogP contribution is -2.33. The van der Waals surface area contributed by atoms with Crippen molar-refractivity contribution in [2.75, 3.05) is 0 Å². The number of fused-ring (bicyclic) bond motifs is 3. The van der Waals surface area contributed by atoms with E-state index < -0.39 is 11.7 Å². The number of carbonyl (C=O) groups is 1. The Morgan fingerprint density at radius 3 is 2.83 bits per heavy atom. The van der Waals surface area contributed by atoms with E-state index in [-0.39, 0.29) is 5.88 Å². The van der Waals surface area contributed by atoms with Gasteiger partial charge in [-0.05, 0) is 18.9 Å². The van der Waals surface area contributed by atoms with Crippen LogP contribution < -0.4 is 4.57 Å². The molecule has 1 N–H and O–H groups in total. The van der Waals surface area contributed by atoms with Crippen LogP contribution >= 0.6 is 0 Å². The Hall–Kier alpha value is -2.50. The molecule has 0 saturated carbocycles. The molecular weight excluding hydrogens is 297 g/mol. The quantitative estimate of drug-likeness (QED) is 0.432. The Morgan fingerprint density at radius 1 is 1.30 bits per heavy atom. The van der Waals surface area contributed by atoms with Crippen LogP contribution in [-0.4, -0.2) is 20.8 Å². The van der Waals surface area contributed by atoms with Crippen LogP contribution in [-0.2, 0) is 6.54 Å². The van der Waals surface area contributed by atoms with Crippen LogP contribution in [0.1, 0.15) is 43.1 Å². The summed E-state index contributed by atoms with van der Waals surface area (Å²) in [6, 6.07) is 5.83. The topological polar surface area (TPSA) is 58.5 Å². The standard InChI is InChI=1S/C17H18FN3O2/c1-2-3-4-7-10-20-16-13-9-6-5-8-12(13)11-19-21(16)14(15(18)22)17(20)23/h5-6,8-9,11H,2-4,7,10H2,1H3/p+1. The van der Waals surface area contributed by atoms with E-state index in [1.165, 1.54) is 4.52 Å². The molecule has 0 radical (unpaired) electrons. The summed E-state index contributed by atoms with van der Waals surface area (Å²) in [5, 5.41) is 16.2. The number of hydrogen-bond donors (Lipinski definition) is 1. The number of carbonyl (C=O) groups excluding carboxylic acids is 1. The molecule has 5 nitrogen and oxygen atoms in total. The number of halogens is 1. The first-order valence-electron chi connectivity index (χ1n) is 7.86. The van der Waals surface area contributed by atoms with Gasteiger partial charge in [-0.15, -0.1) is 0 Å². The van der Waals surface area contributed by atoms with E-state index in [1.54, 1.807) is 10.8 Å². The molecule has 0 amide bonds. The van der Waals surface area contributed by atoms with E-state index in [4.69, 9.17) is 0 Å².